The summed E-state index contributed by atoms with van der Waals surface area (Å²) in [5.74, 6) is 1.16. The van der Waals surface area contributed by atoms with Crippen LogP contribution in [-0.4, -0.2) is 80.3 Å². The highest BCUT2D eigenvalue weighted by molar-refractivity contribution is 5.76. The summed E-state index contributed by atoms with van der Waals surface area (Å²) < 4.78 is 2.17. The van der Waals surface area contributed by atoms with E-state index in [0.29, 0.717) is 19.5 Å². The maximum absolute atomic E-state index is 12.8. The van der Waals surface area contributed by atoms with Gasteiger partial charge in [-0.3, -0.25) is 4.90 Å². The molecule has 29 heavy (non-hydrogen) atoms. The minimum Gasteiger partial charge on any atom is -0.389 e. The molecule has 0 spiro atoms. The Hall–Kier alpha value is -2.12. The van der Waals surface area contributed by atoms with E-state index >= 15 is 0 Å². The van der Waals surface area contributed by atoms with Crippen LogP contribution < -0.4 is 0 Å². The molecule has 7 heteroatoms. The largest absolute Gasteiger partial charge is 0.389 e. The number of likely N-dealkylation sites (tertiary alicyclic amines) is 3. The first-order valence-corrected chi connectivity index (χ1v) is 10.9. The number of carbonyl (C=O) groups is 1. The molecule has 3 aliphatic rings. The van der Waals surface area contributed by atoms with Crippen LogP contribution in [0.2, 0.25) is 0 Å². The summed E-state index contributed by atoms with van der Waals surface area (Å²) in [7, 11) is 2.07. The zero-order valence-corrected chi connectivity index (χ0v) is 17.3. The monoisotopic (exact) mass is 397 g/mol. The maximum Gasteiger partial charge on any atom is 0.320 e. The normalized spacial score (nSPS) is 28.1. The number of aromatic nitrogens is 2. The molecular weight excluding hydrogens is 366 g/mol. The van der Waals surface area contributed by atoms with Crippen molar-refractivity contribution < 1.29 is 9.90 Å². The number of rotatable bonds is 2. The molecule has 156 valence electrons. The molecule has 2 aromatic rings. The number of piperidine rings is 2. The number of aliphatic hydroxyl groups is 1. The number of hydrogen-bond acceptors (Lipinski definition) is 4. The van der Waals surface area contributed by atoms with Crippen molar-refractivity contribution in [3.63, 3.8) is 0 Å². The lowest BCUT2D eigenvalue weighted by atomic mass is 9.75. The van der Waals surface area contributed by atoms with Crippen LogP contribution in [-0.2, 0) is 13.6 Å². The molecule has 7 nitrogen and oxygen atoms in total. The number of aryl methyl sites for hydroxylation is 1. The van der Waals surface area contributed by atoms with Gasteiger partial charge in [0.05, 0.1) is 23.2 Å². The highest BCUT2D eigenvalue weighted by atomic mass is 16.3. The van der Waals surface area contributed by atoms with Crippen LogP contribution >= 0.6 is 0 Å². The minimum atomic E-state index is -0.634. The van der Waals surface area contributed by atoms with Crippen molar-refractivity contribution in [3.8, 4) is 0 Å². The second kappa shape index (κ2) is 7.29. The van der Waals surface area contributed by atoms with Gasteiger partial charge < -0.3 is 19.5 Å². The summed E-state index contributed by atoms with van der Waals surface area (Å²) in [5.41, 5.74) is 1.54. The van der Waals surface area contributed by atoms with Crippen LogP contribution in [0.25, 0.3) is 11.0 Å². The van der Waals surface area contributed by atoms with Crippen LogP contribution in [0.15, 0.2) is 24.3 Å². The standard InChI is InChI=1S/C22H31N5O2/c1-24-19-7-3-2-6-18(19)23-20(24)16-25-12-8-22(29)9-13-27(15-17(22)14-25)21(28)26-10-4-5-11-26/h2-3,6-7,17,29H,4-5,8-16H2,1H3/t17-,22-/m1/s1. The van der Waals surface area contributed by atoms with Gasteiger partial charge in [-0.05, 0) is 37.8 Å². The van der Waals surface area contributed by atoms with E-state index in [1.807, 2.05) is 21.9 Å². The van der Waals surface area contributed by atoms with Gasteiger partial charge in [0.15, 0.2) is 0 Å². The van der Waals surface area contributed by atoms with E-state index in [1.54, 1.807) is 0 Å². The van der Waals surface area contributed by atoms with Crippen LogP contribution in [0, 0.1) is 5.92 Å². The van der Waals surface area contributed by atoms with Crippen LogP contribution in [0.1, 0.15) is 31.5 Å². The first-order chi connectivity index (χ1) is 14.0. The Kier molecular flexibility index (Phi) is 4.75. The van der Waals surface area contributed by atoms with Gasteiger partial charge in [-0.2, -0.15) is 0 Å². The van der Waals surface area contributed by atoms with Gasteiger partial charge in [0.2, 0.25) is 0 Å². The van der Waals surface area contributed by atoms with Gasteiger partial charge in [-0.1, -0.05) is 12.1 Å². The third-order valence-corrected chi connectivity index (χ3v) is 7.25. The molecule has 4 heterocycles. The van der Waals surface area contributed by atoms with E-state index < -0.39 is 5.60 Å². The molecule has 5 rings (SSSR count). The maximum atomic E-state index is 12.8. The van der Waals surface area contributed by atoms with Crippen molar-refractivity contribution in [1.29, 1.82) is 0 Å². The lowest BCUT2D eigenvalue weighted by molar-refractivity contribution is -0.109. The van der Waals surface area contributed by atoms with Crippen LogP contribution in [0.4, 0.5) is 4.79 Å². The number of nitrogens with zero attached hydrogens (tertiary/aromatic N) is 5. The number of carbonyl (C=O) groups excluding carboxylic acids is 1. The number of para-hydroxylation sites is 2. The zero-order valence-electron chi connectivity index (χ0n) is 17.3. The summed E-state index contributed by atoms with van der Waals surface area (Å²) in [6, 6.07) is 8.38. The molecule has 2 atom stereocenters. The fourth-order valence-electron chi connectivity index (χ4n) is 5.33. The Balaban J connectivity index is 1.28. The fraction of sp³-hybridized carbons (Fsp3) is 0.636. The van der Waals surface area contributed by atoms with Gasteiger partial charge in [0.25, 0.3) is 0 Å². The lowest BCUT2D eigenvalue weighted by Crippen LogP contribution is -2.61. The van der Waals surface area contributed by atoms with Gasteiger partial charge in [-0.15, -0.1) is 0 Å². The SMILES string of the molecule is Cn1c(CN2CC[C@@]3(O)CCN(C(=O)N4CCCC4)C[C@H]3C2)nc2ccccc21. The number of urea groups is 1. The molecule has 0 aliphatic carbocycles. The smallest absolute Gasteiger partial charge is 0.320 e. The Labute approximate surface area is 171 Å². The minimum absolute atomic E-state index is 0.103. The van der Waals surface area contributed by atoms with E-state index in [1.165, 1.54) is 0 Å². The molecule has 1 aromatic heterocycles. The van der Waals surface area contributed by atoms with Crippen molar-refractivity contribution in [2.45, 2.75) is 37.8 Å². The highest BCUT2D eigenvalue weighted by Crippen LogP contribution is 2.36. The van der Waals surface area contributed by atoms with E-state index in [9.17, 15) is 9.90 Å². The third-order valence-electron chi connectivity index (χ3n) is 7.25. The Morgan fingerprint density at radius 1 is 1.10 bits per heavy atom. The predicted molar refractivity (Wildman–Crippen MR) is 111 cm³/mol. The van der Waals surface area contributed by atoms with Gasteiger partial charge in [0, 0.05) is 52.2 Å². The predicted octanol–water partition coefficient (Wildman–Crippen LogP) is 2.05. The number of amides is 2. The van der Waals surface area contributed by atoms with Crippen molar-refractivity contribution in [1.82, 2.24) is 24.3 Å². The average molecular weight is 398 g/mol. The van der Waals surface area contributed by atoms with Crippen molar-refractivity contribution in [3.05, 3.63) is 30.1 Å². The summed E-state index contributed by atoms with van der Waals surface area (Å²) >= 11 is 0. The molecule has 3 saturated heterocycles. The molecule has 0 radical (unpaired) electrons. The van der Waals surface area contributed by atoms with Gasteiger partial charge in [-0.25, -0.2) is 9.78 Å². The summed E-state index contributed by atoms with van der Waals surface area (Å²) in [6.07, 6.45) is 3.68. The summed E-state index contributed by atoms with van der Waals surface area (Å²) in [4.78, 5) is 24.0. The Morgan fingerprint density at radius 3 is 2.66 bits per heavy atom. The summed E-state index contributed by atoms with van der Waals surface area (Å²) in [5, 5.41) is 11.2. The first-order valence-electron chi connectivity index (χ1n) is 10.9. The second-order valence-electron chi connectivity index (χ2n) is 9.03. The number of hydrogen-bond donors (Lipinski definition) is 1. The lowest BCUT2D eigenvalue weighted by Gasteiger charge is -2.50. The average Bonchev–Trinajstić information content (AvgIpc) is 3.37. The van der Waals surface area contributed by atoms with Crippen molar-refractivity contribution in [2.75, 3.05) is 39.3 Å². The molecule has 2 amide bonds. The Morgan fingerprint density at radius 2 is 1.86 bits per heavy atom. The van der Waals surface area contributed by atoms with E-state index in [4.69, 9.17) is 4.98 Å². The molecule has 0 unspecified atom stereocenters. The van der Waals surface area contributed by atoms with E-state index in [2.05, 4.69) is 28.6 Å². The van der Waals surface area contributed by atoms with Crippen molar-refractivity contribution in [2.24, 2.45) is 13.0 Å². The summed E-state index contributed by atoms with van der Waals surface area (Å²) in [6.45, 7) is 5.54. The van der Waals surface area contributed by atoms with Crippen LogP contribution in [0.5, 0.6) is 0 Å². The quantitative estimate of drug-likeness (QED) is 0.842. The van der Waals surface area contributed by atoms with Crippen LogP contribution in [0.3, 0.4) is 0 Å². The molecule has 0 bridgehead atoms. The van der Waals surface area contributed by atoms with Gasteiger partial charge >= 0.3 is 6.03 Å². The van der Waals surface area contributed by atoms with Gasteiger partial charge in [0.1, 0.15) is 5.82 Å². The van der Waals surface area contributed by atoms with E-state index in [0.717, 1.165) is 68.8 Å². The third kappa shape index (κ3) is 3.40. The molecule has 1 aromatic carbocycles. The fourth-order valence-corrected chi connectivity index (χ4v) is 5.33. The topological polar surface area (TPSA) is 64.8 Å². The molecule has 3 aliphatic heterocycles. The molecule has 0 saturated carbocycles. The number of fused-ring (bicyclic) bond motifs is 2. The van der Waals surface area contributed by atoms with Crippen molar-refractivity contribution >= 4 is 17.1 Å². The molecule has 3 fully saturated rings. The zero-order chi connectivity index (χ0) is 20.0. The Bertz CT molecular complexity index is 906. The number of benzene rings is 1. The van der Waals surface area contributed by atoms with E-state index in [-0.39, 0.29) is 11.9 Å². The molecular formula is C22H31N5O2. The second-order valence-corrected chi connectivity index (χ2v) is 9.03. The first kappa shape index (κ1) is 18.9. The highest BCUT2D eigenvalue weighted by Gasteiger charge is 2.46. The molecule has 1 N–H and O–H groups in total. The number of imidazole rings is 1.